The number of halogens is 1. The summed E-state index contributed by atoms with van der Waals surface area (Å²) in [5.41, 5.74) is 0. The summed E-state index contributed by atoms with van der Waals surface area (Å²) in [7, 11) is 0. The van der Waals surface area contributed by atoms with Crippen molar-refractivity contribution in [3.63, 3.8) is 0 Å². The smallest absolute Gasteiger partial charge is 0.102 e. The molecular formula is C9H19FN2. The van der Waals surface area contributed by atoms with Crippen LogP contribution in [0.15, 0.2) is 0 Å². The highest BCUT2D eigenvalue weighted by atomic mass is 19.1. The van der Waals surface area contributed by atoms with Crippen LogP contribution in [-0.2, 0) is 0 Å². The number of rotatable bonds is 5. The molecule has 0 aromatic heterocycles. The van der Waals surface area contributed by atoms with Gasteiger partial charge in [-0.1, -0.05) is 6.92 Å². The van der Waals surface area contributed by atoms with Crippen LogP contribution in [0.3, 0.4) is 0 Å². The summed E-state index contributed by atoms with van der Waals surface area (Å²) in [6.45, 7) is 7.01. The van der Waals surface area contributed by atoms with E-state index in [9.17, 15) is 4.39 Å². The molecule has 0 aliphatic carbocycles. The van der Waals surface area contributed by atoms with Crippen LogP contribution in [0.1, 0.15) is 13.3 Å². The molecule has 2 nitrogen and oxygen atoms in total. The normalized spacial score (nSPS) is 25.0. The lowest BCUT2D eigenvalue weighted by Gasteiger charge is -2.13. The van der Waals surface area contributed by atoms with Crippen molar-refractivity contribution in [2.45, 2.75) is 13.3 Å². The summed E-state index contributed by atoms with van der Waals surface area (Å²) < 4.78 is 11.7. The third-order valence-electron chi connectivity index (χ3n) is 2.52. The molecule has 0 radical (unpaired) electrons. The highest BCUT2D eigenvalue weighted by Gasteiger charge is 2.19. The summed E-state index contributed by atoms with van der Waals surface area (Å²) in [6.07, 6.45) is 1.27. The van der Waals surface area contributed by atoms with Crippen LogP contribution in [0.2, 0.25) is 0 Å². The second-order valence-corrected chi connectivity index (χ2v) is 3.44. The lowest BCUT2D eigenvalue weighted by molar-refractivity contribution is 0.337. The SMILES string of the molecule is CCN1CCC(CNCCF)C1. The molecule has 0 amide bonds. The van der Waals surface area contributed by atoms with Crippen molar-refractivity contribution in [2.24, 2.45) is 5.92 Å². The Morgan fingerprint density at radius 2 is 2.42 bits per heavy atom. The number of hydrogen-bond donors (Lipinski definition) is 1. The fourth-order valence-corrected chi connectivity index (χ4v) is 1.74. The summed E-state index contributed by atoms with van der Waals surface area (Å²) >= 11 is 0. The second kappa shape index (κ2) is 5.49. The van der Waals surface area contributed by atoms with Gasteiger partial charge < -0.3 is 10.2 Å². The highest BCUT2D eigenvalue weighted by Crippen LogP contribution is 2.14. The molecule has 72 valence electrons. The zero-order valence-corrected chi connectivity index (χ0v) is 7.85. The molecule has 1 aliphatic heterocycles. The zero-order chi connectivity index (χ0) is 8.81. The number of nitrogens with zero attached hydrogens (tertiary/aromatic N) is 1. The lowest BCUT2D eigenvalue weighted by Crippen LogP contribution is -2.27. The average molecular weight is 174 g/mol. The van der Waals surface area contributed by atoms with Gasteiger partial charge in [0.25, 0.3) is 0 Å². The van der Waals surface area contributed by atoms with Crippen LogP contribution >= 0.6 is 0 Å². The molecule has 1 aliphatic rings. The Labute approximate surface area is 74.1 Å². The van der Waals surface area contributed by atoms with Gasteiger partial charge in [0.2, 0.25) is 0 Å². The van der Waals surface area contributed by atoms with E-state index in [1.165, 1.54) is 19.5 Å². The molecule has 0 bridgehead atoms. The van der Waals surface area contributed by atoms with Crippen LogP contribution in [0, 0.1) is 5.92 Å². The van der Waals surface area contributed by atoms with Crippen molar-refractivity contribution in [3.8, 4) is 0 Å². The lowest BCUT2D eigenvalue weighted by atomic mass is 10.1. The molecule has 1 N–H and O–H groups in total. The molecule has 1 atom stereocenters. The van der Waals surface area contributed by atoms with Crippen molar-refractivity contribution >= 4 is 0 Å². The molecule has 0 spiro atoms. The molecule has 1 saturated heterocycles. The van der Waals surface area contributed by atoms with Gasteiger partial charge in [0.05, 0.1) is 0 Å². The van der Waals surface area contributed by atoms with Crippen molar-refractivity contribution in [2.75, 3.05) is 39.4 Å². The molecule has 0 aromatic rings. The molecule has 1 fully saturated rings. The number of hydrogen-bond acceptors (Lipinski definition) is 2. The van der Waals surface area contributed by atoms with E-state index in [1.54, 1.807) is 0 Å². The van der Waals surface area contributed by atoms with E-state index in [1.807, 2.05) is 0 Å². The van der Waals surface area contributed by atoms with Gasteiger partial charge in [-0.25, -0.2) is 4.39 Å². The zero-order valence-electron chi connectivity index (χ0n) is 7.85. The Morgan fingerprint density at radius 1 is 1.58 bits per heavy atom. The van der Waals surface area contributed by atoms with E-state index in [-0.39, 0.29) is 6.67 Å². The summed E-state index contributed by atoms with van der Waals surface area (Å²) in [6, 6.07) is 0. The topological polar surface area (TPSA) is 15.3 Å². The fraction of sp³-hybridized carbons (Fsp3) is 1.00. The Balaban J connectivity index is 2.03. The first kappa shape index (κ1) is 9.93. The maximum atomic E-state index is 11.7. The van der Waals surface area contributed by atoms with E-state index < -0.39 is 0 Å². The first-order valence-electron chi connectivity index (χ1n) is 4.85. The van der Waals surface area contributed by atoms with Gasteiger partial charge in [-0.15, -0.1) is 0 Å². The largest absolute Gasteiger partial charge is 0.314 e. The Bertz CT molecular complexity index is 119. The van der Waals surface area contributed by atoms with Crippen molar-refractivity contribution in [3.05, 3.63) is 0 Å². The Morgan fingerprint density at radius 3 is 3.00 bits per heavy atom. The first-order valence-corrected chi connectivity index (χ1v) is 4.85. The van der Waals surface area contributed by atoms with Gasteiger partial charge in [-0.05, 0) is 32.0 Å². The van der Waals surface area contributed by atoms with Gasteiger partial charge >= 0.3 is 0 Å². The van der Waals surface area contributed by atoms with E-state index in [0.29, 0.717) is 6.54 Å². The highest BCUT2D eigenvalue weighted by molar-refractivity contribution is 4.75. The summed E-state index contributed by atoms with van der Waals surface area (Å²) in [5.74, 6) is 0.747. The van der Waals surface area contributed by atoms with Crippen LogP contribution in [0.25, 0.3) is 0 Å². The molecule has 3 heteroatoms. The van der Waals surface area contributed by atoms with Gasteiger partial charge in [0, 0.05) is 13.1 Å². The standard InChI is InChI=1S/C9H19FN2/c1-2-12-6-3-9(8-12)7-11-5-4-10/h9,11H,2-8H2,1H3. The van der Waals surface area contributed by atoms with Gasteiger partial charge in [0.15, 0.2) is 0 Å². The minimum Gasteiger partial charge on any atom is -0.314 e. The molecule has 0 aromatic carbocycles. The second-order valence-electron chi connectivity index (χ2n) is 3.44. The van der Waals surface area contributed by atoms with Crippen LogP contribution in [0.5, 0.6) is 0 Å². The number of likely N-dealkylation sites (tertiary alicyclic amines) is 1. The first-order chi connectivity index (χ1) is 5.86. The van der Waals surface area contributed by atoms with Crippen molar-refractivity contribution in [1.82, 2.24) is 10.2 Å². The third-order valence-corrected chi connectivity index (χ3v) is 2.52. The fourth-order valence-electron chi connectivity index (χ4n) is 1.74. The molecule has 1 heterocycles. The summed E-state index contributed by atoms with van der Waals surface area (Å²) in [5, 5.41) is 3.12. The van der Waals surface area contributed by atoms with Gasteiger partial charge in [0.1, 0.15) is 6.67 Å². The van der Waals surface area contributed by atoms with Gasteiger partial charge in [-0.2, -0.15) is 0 Å². The number of alkyl halides is 1. The van der Waals surface area contributed by atoms with E-state index in [0.717, 1.165) is 19.0 Å². The molecule has 1 rings (SSSR count). The Kier molecular flexibility index (Phi) is 4.54. The van der Waals surface area contributed by atoms with Crippen LogP contribution in [-0.4, -0.2) is 44.3 Å². The predicted octanol–water partition coefficient (Wildman–Crippen LogP) is 0.887. The van der Waals surface area contributed by atoms with E-state index in [2.05, 4.69) is 17.1 Å². The van der Waals surface area contributed by atoms with Crippen LogP contribution < -0.4 is 5.32 Å². The predicted molar refractivity (Wildman–Crippen MR) is 49.1 cm³/mol. The monoisotopic (exact) mass is 174 g/mol. The van der Waals surface area contributed by atoms with Crippen molar-refractivity contribution in [1.29, 1.82) is 0 Å². The van der Waals surface area contributed by atoms with E-state index >= 15 is 0 Å². The number of nitrogens with one attached hydrogen (secondary N) is 1. The minimum atomic E-state index is -0.246. The maximum absolute atomic E-state index is 11.7. The van der Waals surface area contributed by atoms with E-state index in [4.69, 9.17) is 0 Å². The van der Waals surface area contributed by atoms with Crippen LogP contribution in [0.4, 0.5) is 4.39 Å². The molecular weight excluding hydrogens is 155 g/mol. The third kappa shape index (κ3) is 3.07. The molecule has 1 unspecified atom stereocenters. The van der Waals surface area contributed by atoms with Crippen molar-refractivity contribution < 1.29 is 4.39 Å². The maximum Gasteiger partial charge on any atom is 0.102 e. The minimum absolute atomic E-state index is 0.246. The molecule has 0 saturated carbocycles. The molecule has 12 heavy (non-hydrogen) atoms. The summed E-state index contributed by atoms with van der Waals surface area (Å²) in [4.78, 5) is 2.45. The average Bonchev–Trinajstić information content (AvgIpc) is 2.53. The Hall–Kier alpha value is -0.150. The quantitative estimate of drug-likeness (QED) is 0.623. The van der Waals surface area contributed by atoms with Gasteiger partial charge in [-0.3, -0.25) is 0 Å².